The second-order valence-electron chi connectivity index (χ2n) is 9.76. The Morgan fingerprint density at radius 2 is 1.42 bits per heavy atom. The van der Waals surface area contributed by atoms with E-state index in [-0.39, 0.29) is 11.8 Å². The van der Waals surface area contributed by atoms with Gasteiger partial charge in [-0.2, -0.15) is 0 Å². The standard InChI is InChI=1S/C18H34N2O2.C10H10N2O2/c1-2-3-4-10-15-20-16-11-6-5-9-14-19-17(21)12-7-8-13-18(20)22;11-9(13)7-3-4-8(10(12)14)6-2-1-5(6)7/h2-16H2,1H3,(H,19,21);3-4H,1-2H2,(H2,11,13)(H2,12,14). The van der Waals surface area contributed by atoms with Gasteiger partial charge in [-0.1, -0.05) is 39.0 Å². The molecule has 4 amide bonds. The molecule has 5 N–H and O–H groups in total. The molecular weight excluding hydrogens is 456 g/mol. The average molecular weight is 501 g/mol. The van der Waals surface area contributed by atoms with E-state index in [0.29, 0.717) is 24.0 Å². The number of nitrogens with one attached hydrogen (secondary N) is 1. The molecule has 0 saturated carbocycles. The fraction of sp³-hybridized carbons (Fsp3) is 0.643. The number of hydrogen-bond acceptors (Lipinski definition) is 4. The van der Waals surface area contributed by atoms with Gasteiger partial charge in [0.15, 0.2) is 0 Å². The number of primary amides is 2. The first kappa shape index (κ1) is 29.3. The highest BCUT2D eigenvalue weighted by Gasteiger charge is 2.24. The third kappa shape index (κ3) is 9.63. The third-order valence-electron chi connectivity index (χ3n) is 6.94. The van der Waals surface area contributed by atoms with Crippen LogP contribution < -0.4 is 16.8 Å². The van der Waals surface area contributed by atoms with Crippen molar-refractivity contribution in [2.24, 2.45) is 11.5 Å². The van der Waals surface area contributed by atoms with E-state index in [1.807, 2.05) is 0 Å². The SMILES string of the molecule is CCCCCCN1CCCCCCNC(=O)CCCCC1=O.NC(=O)c1ccc(C(N)=O)c2c1CC2. The van der Waals surface area contributed by atoms with Crippen molar-refractivity contribution in [3.8, 4) is 0 Å². The van der Waals surface area contributed by atoms with Gasteiger partial charge in [-0.25, -0.2) is 0 Å². The van der Waals surface area contributed by atoms with E-state index >= 15 is 0 Å². The van der Waals surface area contributed by atoms with E-state index in [1.54, 1.807) is 12.1 Å². The summed E-state index contributed by atoms with van der Waals surface area (Å²) in [6.45, 7) is 4.85. The molecule has 1 heterocycles. The van der Waals surface area contributed by atoms with Gasteiger partial charge in [0.1, 0.15) is 0 Å². The first-order chi connectivity index (χ1) is 17.3. The van der Waals surface area contributed by atoms with Crippen LogP contribution in [0.2, 0.25) is 0 Å². The Hall–Kier alpha value is -2.90. The fourth-order valence-electron chi connectivity index (χ4n) is 4.71. The highest BCUT2D eigenvalue weighted by atomic mass is 16.2. The van der Waals surface area contributed by atoms with Crippen molar-refractivity contribution in [1.82, 2.24) is 10.2 Å². The van der Waals surface area contributed by atoms with Crippen molar-refractivity contribution < 1.29 is 19.2 Å². The highest BCUT2D eigenvalue weighted by Crippen LogP contribution is 2.29. The second kappa shape index (κ2) is 16.0. The zero-order chi connectivity index (χ0) is 26.3. The molecule has 0 aromatic heterocycles. The summed E-state index contributed by atoms with van der Waals surface area (Å²) in [4.78, 5) is 48.0. The number of amides is 4. The van der Waals surface area contributed by atoms with Gasteiger partial charge in [0.25, 0.3) is 0 Å². The topological polar surface area (TPSA) is 136 Å². The molecule has 0 bridgehead atoms. The van der Waals surface area contributed by atoms with E-state index in [2.05, 4.69) is 17.1 Å². The van der Waals surface area contributed by atoms with Crippen LogP contribution in [-0.4, -0.2) is 48.2 Å². The molecule has 0 unspecified atom stereocenters. The Kier molecular flexibility index (Phi) is 13.0. The first-order valence-corrected chi connectivity index (χ1v) is 13.6. The maximum absolute atomic E-state index is 12.4. The number of nitrogens with zero attached hydrogens (tertiary/aromatic N) is 1. The van der Waals surface area contributed by atoms with Crippen LogP contribution in [-0.2, 0) is 22.4 Å². The summed E-state index contributed by atoms with van der Waals surface area (Å²) in [7, 11) is 0. The molecule has 200 valence electrons. The van der Waals surface area contributed by atoms with Crippen LogP contribution in [0.3, 0.4) is 0 Å². The molecule has 8 nitrogen and oxygen atoms in total. The lowest BCUT2D eigenvalue weighted by atomic mass is 9.81. The molecule has 1 aliphatic carbocycles. The minimum atomic E-state index is -0.447. The Morgan fingerprint density at radius 1 is 0.806 bits per heavy atom. The third-order valence-corrected chi connectivity index (χ3v) is 6.94. The zero-order valence-corrected chi connectivity index (χ0v) is 21.9. The van der Waals surface area contributed by atoms with Gasteiger partial charge in [-0.3, -0.25) is 19.2 Å². The van der Waals surface area contributed by atoms with Gasteiger partial charge in [0, 0.05) is 43.6 Å². The van der Waals surface area contributed by atoms with Gasteiger partial charge in [0.2, 0.25) is 23.6 Å². The molecule has 1 aromatic rings. The molecule has 0 spiro atoms. The molecule has 3 rings (SSSR count). The Bertz CT molecular complexity index is 859. The van der Waals surface area contributed by atoms with Gasteiger partial charge in [-0.05, 0) is 68.2 Å². The van der Waals surface area contributed by atoms with E-state index in [0.717, 1.165) is 88.5 Å². The Balaban J connectivity index is 0.000000278. The average Bonchev–Trinajstić information content (AvgIpc) is 2.82. The van der Waals surface area contributed by atoms with Crippen LogP contribution in [0.15, 0.2) is 12.1 Å². The van der Waals surface area contributed by atoms with E-state index in [9.17, 15) is 19.2 Å². The van der Waals surface area contributed by atoms with E-state index in [4.69, 9.17) is 11.5 Å². The van der Waals surface area contributed by atoms with E-state index < -0.39 is 11.8 Å². The summed E-state index contributed by atoms with van der Waals surface area (Å²) in [5, 5.41) is 2.96. The molecular formula is C28H44N4O4. The van der Waals surface area contributed by atoms with Crippen molar-refractivity contribution in [3.05, 3.63) is 34.4 Å². The number of nitrogens with two attached hydrogens (primary N) is 2. The molecule has 1 saturated heterocycles. The fourth-order valence-corrected chi connectivity index (χ4v) is 4.71. The molecule has 1 aromatic carbocycles. The summed E-state index contributed by atoms with van der Waals surface area (Å²) < 4.78 is 0. The lowest BCUT2D eigenvalue weighted by Gasteiger charge is -2.23. The van der Waals surface area contributed by atoms with Gasteiger partial charge >= 0.3 is 0 Å². The lowest BCUT2D eigenvalue weighted by Crippen LogP contribution is -2.33. The van der Waals surface area contributed by atoms with Crippen LogP contribution in [0.5, 0.6) is 0 Å². The van der Waals surface area contributed by atoms with Crippen molar-refractivity contribution in [3.63, 3.8) is 0 Å². The van der Waals surface area contributed by atoms with Crippen molar-refractivity contribution in [2.45, 2.75) is 96.8 Å². The van der Waals surface area contributed by atoms with Gasteiger partial charge < -0.3 is 21.7 Å². The number of carbonyl (C=O) groups is 4. The molecule has 8 heteroatoms. The monoisotopic (exact) mass is 500 g/mol. The number of rotatable bonds is 7. The van der Waals surface area contributed by atoms with Crippen LogP contribution in [0, 0.1) is 0 Å². The number of carbonyl (C=O) groups excluding carboxylic acids is 4. The minimum absolute atomic E-state index is 0.140. The second-order valence-corrected chi connectivity index (χ2v) is 9.76. The first-order valence-electron chi connectivity index (χ1n) is 13.6. The maximum Gasteiger partial charge on any atom is 0.248 e. The summed E-state index contributed by atoms with van der Waals surface area (Å²) in [6.07, 6.45) is 13.7. The van der Waals surface area contributed by atoms with Crippen LogP contribution in [0.1, 0.15) is 116 Å². The highest BCUT2D eigenvalue weighted by molar-refractivity contribution is 6.00. The summed E-state index contributed by atoms with van der Waals surface area (Å²) >= 11 is 0. The Labute approximate surface area is 215 Å². The normalized spacial score (nSPS) is 17.0. The number of unbranched alkanes of at least 4 members (excludes halogenated alkanes) is 3. The van der Waals surface area contributed by atoms with Crippen molar-refractivity contribution >= 4 is 23.6 Å². The minimum Gasteiger partial charge on any atom is -0.366 e. The number of hydrogen-bond donors (Lipinski definition) is 3. The number of benzene rings is 1. The largest absolute Gasteiger partial charge is 0.366 e. The molecule has 2 aliphatic rings. The van der Waals surface area contributed by atoms with Crippen molar-refractivity contribution in [2.75, 3.05) is 19.6 Å². The van der Waals surface area contributed by atoms with Gasteiger partial charge in [0.05, 0.1) is 0 Å². The predicted molar refractivity (Wildman–Crippen MR) is 142 cm³/mol. The van der Waals surface area contributed by atoms with Crippen LogP contribution >= 0.6 is 0 Å². The number of fused-ring (bicyclic) bond motifs is 1. The maximum atomic E-state index is 12.4. The van der Waals surface area contributed by atoms with E-state index in [1.165, 1.54) is 19.3 Å². The summed E-state index contributed by atoms with van der Waals surface area (Å²) in [6, 6.07) is 3.14. The smallest absolute Gasteiger partial charge is 0.248 e. The quantitative estimate of drug-likeness (QED) is 0.493. The van der Waals surface area contributed by atoms with Gasteiger partial charge in [-0.15, -0.1) is 0 Å². The summed E-state index contributed by atoms with van der Waals surface area (Å²) in [5.41, 5.74) is 13.2. The molecule has 0 atom stereocenters. The van der Waals surface area contributed by atoms with Crippen LogP contribution in [0.25, 0.3) is 0 Å². The molecule has 1 aliphatic heterocycles. The molecule has 36 heavy (non-hydrogen) atoms. The van der Waals surface area contributed by atoms with Crippen molar-refractivity contribution in [1.29, 1.82) is 0 Å². The Morgan fingerprint density at radius 3 is 2.00 bits per heavy atom. The van der Waals surface area contributed by atoms with Crippen LogP contribution in [0.4, 0.5) is 0 Å². The predicted octanol–water partition coefficient (Wildman–Crippen LogP) is 3.63. The lowest BCUT2D eigenvalue weighted by molar-refractivity contribution is -0.131. The summed E-state index contributed by atoms with van der Waals surface area (Å²) in [5.74, 6) is -0.469. The molecule has 1 fully saturated rings. The molecule has 0 radical (unpaired) electrons. The zero-order valence-electron chi connectivity index (χ0n) is 21.9.